The minimum Gasteiger partial charge on any atom is -0.324 e. The van der Waals surface area contributed by atoms with Gasteiger partial charge >= 0.3 is 0 Å². The highest BCUT2D eigenvalue weighted by molar-refractivity contribution is 5.91. The molecule has 1 amide bonds. The van der Waals surface area contributed by atoms with Crippen LogP contribution in [0.15, 0.2) is 42.7 Å². The van der Waals surface area contributed by atoms with Gasteiger partial charge < -0.3 is 10.6 Å². The molecule has 0 bridgehead atoms. The van der Waals surface area contributed by atoms with Crippen molar-refractivity contribution in [2.24, 2.45) is 0 Å². The average Bonchev–Trinajstić information content (AvgIpc) is 3.29. The zero-order chi connectivity index (χ0) is 20.9. The number of rotatable bonds is 8. The van der Waals surface area contributed by atoms with E-state index in [1.54, 1.807) is 10.9 Å². The normalized spacial score (nSPS) is 11.6. The van der Waals surface area contributed by atoms with Gasteiger partial charge in [-0.3, -0.25) is 9.48 Å². The fraction of sp³-hybridized carbons (Fsp3) is 0.429. The second kappa shape index (κ2) is 9.00. The predicted molar refractivity (Wildman–Crippen MR) is 113 cm³/mol. The summed E-state index contributed by atoms with van der Waals surface area (Å²) in [5.74, 6) is -0.134. The van der Waals surface area contributed by atoms with Gasteiger partial charge in [0.1, 0.15) is 12.2 Å². The first-order valence-corrected chi connectivity index (χ1v) is 9.86. The summed E-state index contributed by atoms with van der Waals surface area (Å²) in [7, 11) is 0. The molecule has 0 aliphatic carbocycles. The van der Waals surface area contributed by atoms with Gasteiger partial charge in [0.2, 0.25) is 5.91 Å². The lowest BCUT2D eigenvalue weighted by atomic mass is 9.86. The van der Waals surface area contributed by atoms with E-state index in [2.05, 4.69) is 53.7 Å². The summed E-state index contributed by atoms with van der Waals surface area (Å²) in [5, 5.41) is 19.0. The van der Waals surface area contributed by atoms with Gasteiger partial charge in [-0.05, 0) is 29.7 Å². The summed E-state index contributed by atoms with van der Waals surface area (Å²) in [6.07, 6.45) is 3.70. The third kappa shape index (κ3) is 5.74. The lowest BCUT2D eigenvalue weighted by Crippen LogP contribution is -2.22. The number of nitrogens with zero attached hydrogens (tertiary/aromatic N) is 5. The molecule has 0 aliphatic rings. The van der Waals surface area contributed by atoms with Gasteiger partial charge in [-0.1, -0.05) is 51.1 Å². The SMILES string of the molecule is CCNCc1ccn(Cc2cn(CC(=O)Nc3ccccc3C(C)(C)C)nn2)n1. The van der Waals surface area contributed by atoms with Crippen molar-refractivity contribution >= 4 is 11.6 Å². The molecule has 3 rings (SSSR count). The quantitative estimate of drug-likeness (QED) is 0.612. The average molecular weight is 396 g/mol. The minimum absolute atomic E-state index is 0.0560. The zero-order valence-corrected chi connectivity index (χ0v) is 17.5. The van der Waals surface area contributed by atoms with Crippen LogP contribution in [-0.4, -0.2) is 37.2 Å². The highest BCUT2D eigenvalue weighted by atomic mass is 16.2. The number of benzene rings is 1. The van der Waals surface area contributed by atoms with Crippen molar-refractivity contribution in [3.63, 3.8) is 0 Å². The first-order chi connectivity index (χ1) is 13.8. The number of para-hydroxylation sites is 1. The van der Waals surface area contributed by atoms with E-state index in [0.717, 1.165) is 35.7 Å². The molecule has 0 atom stereocenters. The lowest BCUT2D eigenvalue weighted by Gasteiger charge is -2.22. The van der Waals surface area contributed by atoms with Crippen LogP contribution in [0.2, 0.25) is 0 Å². The molecule has 2 aromatic heterocycles. The Bertz CT molecular complexity index is 952. The second-order valence-corrected chi connectivity index (χ2v) is 8.04. The van der Waals surface area contributed by atoms with Crippen LogP contribution in [0.5, 0.6) is 0 Å². The van der Waals surface area contributed by atoms with Gasteiger partial charge in [-0.2, -0.15) is 5.10 Å². The van der Waals surface area contributed by atoms with E-state index in [4.69, 9.17) is 0 Å². The molecule has 3 aromatic rings. The van der Waals surface area contributed by atoms with Crippen LogP contribution in [0.3, 0.4) is 0 Å². The summed E-state index contributed by atoms with van der Waals surface area (Å²) < 4.78 is 3.37. The monoisotopic (exact) mass is 395 g/mol. The molecular weight excluding hydrogens is 366 g/mol. The molecule has 0 fully saturated rings. The van der Waals surface area contributed by atoms with Crippen molar-refractivity contribution < 1.29 is 4.79 Å². The Morgan fingerprint density at radius 1 is 1.10 bits per heavy atom. The van der Waals surface area contributed by atoms with E-state index in [1.807, 2.05) is 41.2 Å². The van der Waals surface area contributed by atoms with Crippen molar-refractivity contribution in [1.29, 1.82) is 0 Å². The Balaban J connectivity index is 1.59. The van der Waals surface area contributed by atoms with Crippen molar-refractivity contribution in [3.05, 3.63) is 59.7 Å². The van der Waals surface area contributed by atoms with Crippen LogP contribution in [0, 0.1) is 0 Å². The van der Waals surface area contributed by atoms with E-state index in [9.17, 15) is 4.79 Å². The Morgan fingerprint density at radius 2 is 1.90 bits per heavy atom. The zero-order valence-electron chi connectivity index (χ0n) is 17.5. The van der Waals surface area contributed by atoms with E-state index < -0.39 is 0 Å². The number of carbonyl (C=O) groups is 1. The fourth-order valence-electron chi connectivity index (χ4n) is 3.08. The summed E-state index contributed by atoms with van der Waals surface area (Å²) in [6.45, 7) is 10.7. The number of amides is 1. The molecule has 154 valence electrons. The van der Waals surface area contributed by atoms with Gasteiger partial charge in [0.05, 0.1) is 18.4 Å². The maximum atomic E-state index is 12.5. The molecule has 0 spiro atoms. The van der Waals surface area contributed by atoms with Crippen LogP contribution in [0.25, 0.3) is 0 Å². The number of hydrogen-bond donors (Lipinski definition) is 2. The summed E-state index contributed by atoms with van der Waals surface area (Å²) in [5.41, 5.74) is 3.61. The summed E-state index contributed by atoms with van der Waals surface area (Å²) in [4.78, 5) is 12.5. The molecule has 1 aromatic carbocycles. The molecule has 2 heterocycles. The predicted octanol–water partition coefficient (Wildman–Crippen LogP) is 2.57. The molecule has 8 heteroatoms. The summed E-state index contributed by atoms with van der Waals surface area (Å²) >= 11 is 0. The minimum atomic E-state index is -0.134. The standard InChI is InChI=1S/C21H29N7O/c1-5-22-12-16-10-11-27(25-16)13-17-14-28(26-24-17)15-20(29)23-19-9-7-6-8-18(19)21(2,3)4/h6-11,14,22H,5,12-13,15H2,1-4H3,(H,23,29). The molecular formula is C21H29N7O. The van der Waals surface area contributed by atoms with Crippen LogP contribution in [0.4, 0.5) is 5.69 Å². The van der Waals surface area contributed by atoms with Crippen LogP contribution < -0.4 is 10.6 Å². The Labute approximate surface area is 171 Å². The van der Waals surface area contributed by atoms with E-state index >= 15 is 0 Å². The number of hydrogen-bond acceptors (Lipinski definition) is 5. The van der Waals surface area contributed by atoms with Crippen LogP contribution in [0.1, 0.15) is 44.6 Å². The fourth-order valence-corrected chi connectivity index (χ4v) is 3.08. The first-order valence-electron chi connectivity index (χ1n) is 9.86. The highest BCUT2D eigenvalue weighted by Gasteiger charge is 2.18. The van der Waals surface area contributed by atoms with Crippen molar-refractivity contribution in [3.8, 4) is 0 Å². The van der Waals surface area contributed by atoms with Gasteiger partial charge in [0.15, 0.2) is 0 Å². The highest BCUT2D eigenvalue weighted by Crippen LogP contribution is 2.29. The maximum Gasteiger partial charge on any atom is 0.246 e. The molecule has 2 N–H and O–H groups in total. The van der Waals surface area contributed by atoms with E-state index in [-0.39, 0.29) is 17.9 Å². The summed E-state index contributed by atoms with van der Waals surface area (Å²) in [6, 6.07) is 9.85. The lowest BCUT2D eigenvalue weighted by molar-refractivity contribution is -0.116. The number of nitrogens with one attached hydrogen (secondary N) is 2. The second-order valence-electron chi connectivity index (χ2n) is 8.04. The van der Waals surface area contributed by atoms with Crippen LogP contribution >= 0.6 is 0 Å². The number of anilines is 1. The van der Waals surface area contributed by atoms with Gasteiger partial charge in [0, 0.05) is 18.4 Å². The molecule has 29 heavy (non-hydrogen) atoms. The molecule has 8 nitrogen and oxygen atoms in total. The van der Waals surface area contributed by atoms with E-state index in [1.165, 1.54) is 0 Å². The number of aromatic nitrogens is 5. The topological polar surface area (TPSA) is 89.7 Å². The van der Waals surface area contributed by atoms with Gasteiger partial charge in [-0.25, -0.2) is 4.68 Å². The van der Waals surface area contributed by atoms with Crippen molar-refractivity contribution in [2.45, 2.75) is 52.7 Å². The maximum absolute atomic E-state index is 12.5. The largest absolute Gasteiger partial charge is 0.324 e. The smallest absolute Gasteiger partial charge is 0.246 e. The molecule has 0 radical (unpaired) electrons. The first kappa shape index (κ1) is 20.7. The van der Waals surface area contributed by atoms with E-state index in [0.29, 0.717) is 6.54 Å². The molecule has 0 unspecified atom stereocenters. The Kier molecular flexibility index (Phi) is 6.43. The third-order valence-electron chi connectivity index (χ3n) is 4.48. The molecule has 0 saturated heterocycles. The Hall–Kier alpha value is -3.00. The van der Waals surface area contributed by atoms with Crippen molar-refractivity contribution in [2.75, 3.05) is 11.9 Å². The molecule has 0 aliphatic heterocycles. The van der Waals surface area contributed by atoms with Gasteiger partial charge in [0.25, 0.3) is 0 Å². The molecule has 0 saturated carbocycles. The van der Waals surface area contributed by atoms with Crippen molar-refractivity contribution in [1.82, 2.24) is 30.1 Å². The third-order valence-corrected chi connectivity index (χ3v) is 4.48. The van der Waals surface area contributed by atoms with Gasteiger partial charge in [-0.15, -0.1) is 5.10 Å². The van der Waals surface area contributed by atoms with Crippen LogP contribution in [-0.2, 0) is 29.8 Å². The Morgan fingerprint density at radius 3 is 2.66 bits per heavy atom. The number of carbonyl (C=O) groups excluding carboxylic acids is 1.